The van der Waals surface area contributed by atoms with Crippen LogP contribution in [0.1, 0.15) is 49.4 Å². The van der Waals surface area contributed by atoms with Crippen LogP contribution in [0.3, 0.4) is 0 Å². The number of benzene rings is 10. The van der Waals surface area contributed by atoms with Crippen LogP contribution in [0, 0.1) is 6.92 Å². The summed E-state index contributed by atoms with van der Waals surface area (Å²) in [5.74, 6) is 0. The molecule has 10 aromatic rings. The summed E-state index contributed by atoms with van der Waals surface area (Å²) in [5, 5.41) is 13.1. The molecule has 3 nitrogen and oxygen atoms in total. The second-order valence-electron chi connectivity index (χ2n) is 18.0. The molecule has 3 heteroatoms. The maximum Gasteiger partial charge on any atom is 0.0543 e. The van der Waals surface area contributed by atoms with Crippen LogP contribution in [0.15, 0.2) is 164 Å². The monoisotopic (exact) mass is 789 g/mol. The fourth-order valence-electron chi connectivity index (χ4n) is 10.4. The second-order valence-corrected chi connectivity index (χ2v) is 18.0. The second kappa shape index (κ2) is 14.1. The number of fused-ring (bicyclic) bond motifs is 2. The number of aryl methyl sites for hydroxylation is 3. The van der Waals surface area contributed by atoms with Crippen LogP contribution in [-0.4, -0.2) is 14.1 Å². The predicted octanol–water partition coefficient (Wildman–Crippen LogP) is 16.0. The molecule has 0 heterocycles. The molecule has 1 aliphatic carbocycles. The molecule has 0 saturated carbocycles. The molecule has 0 amide bonds. The maximum absolute atomic E-state index is 2.59. The van der Waals surface area contributed by atoms with E-state index in [1.165, 1.54) is 105 Å². The lowest BCUT2D eigenvalue weighted by atomic mass is 9.70. The average Bonchev–Trinajstić information content (AvgIpc) is 3.28. The van der Waals surface area contributed by atoms with Gasteiger partial charge in [-0.15, -0.1) is 0 Å². The highest BCUT2D eigenvalue weighted by Gasteiger charge is 2.34. The maximum atomic E-state index is 2.59. The van der Waals surface area contributed by atoms with Crippen LogP contribution in [0.25, 0.3) is 53.9 Å². The zero-order valence-corrected chi connectivity index (χ0v) is 36.1. The number of hydrogen-bond acceptors (Lipinski definition) is 3. The van der Waals surface area contributed by atoms with Gasteiger partial charge in [-0.2, -0.15) is 0 Å². The molecule has 0 spiro atoms. The molecule has 0 unspecified atom stereocenters. The van der Waals surface area contributed by atoms with Crippen molar-refractivity contribution in [3.63, 3.8) is 0 Å². The van der Waals surface area contributed by atoms with E-state index < -0.39 is 0 Å². The highest BCUT2D eigenvalue weighted by atomic mass is 15.2. The van der Waals surface area contributed by atoms with Crippen LogP contribution in [0.4, 0.5) is 39.8 Å². The van der Waals surface area contributed by atoms with Gasteiger partial charge >= 0.3 is 0 Å². The molecular weight excluding hydrogens is 739 g/mol. The van der Waals surface area contributed by atoms with Crippen molar-refractivity contribution in [2.24, 2.45) is 0 Å². The Hall–Kier alpha value is -6.84. The van der Waals surface area contributed by atoms with Gasteiger partial charge in [-0.05, 0) is 142 Å². The average molecular weight is 790 g/mol. The van der Waals surface area contributed by atoms with Gasteiger partial charge in [-0.3, -0.25) is 0 Å². The van der Waals surface area contributed by atoms with Crippen molar-refractivity contribution < 1.29 is 0 Å². The predicted molar refractivity (Wildman–Crippen MR) is 264 cm³/mol. The molecule has 0 bridgehead atoms. The van der Waals surface area contributed by atoms with E-state index in [0.29, 0.717) is 0 Å². The SMILES string of the molecule is CCc1cc(N(c2ccc(C)cc2)c2cccc3ccccc23)c2cc3c4c(cc(N(c5ccc(N(C)C)cc5)c5cccc6ccccc56)c5ccc1c2c54)CCC3(C)C. The molecule has 298 valence electrons. The van der Waals surface area contributed by atoms with Gasteiger partial charge in [0.05, 0.1) is 22.7 Å². The Labute approximate surface area is 359 Å². The largest absolute Gasteiger partial charge is 0.378 e. The third-order valence-corrected chi connectivity index (χ3v) is 13.7. The molecule has 0 aliphatic heterocycles. The Morgan fingerprint density at radius 2 is 1.02 bits per heavy atom. The molecule has 0 radical (unpaired) electrons. The molecule has 61 heavy (non-hydrogen) atoms. The third kappa shape index (κ3) is 5.85. The van der Waals surface area contributed by atoms with Crippen LogP contribution in [0.5, 0.6) is 0 Å². The normalized spacial score (nSPS) is 13.5. The first-order valence-corrected chi connectivity index (χ1v) is 21.9. The van der Waals surface area contributed by atoms with Gasteiger partial charge in [0.25, 0.3) is 0 Å². The van der Waals surface area contributed by atoms with E-state index in [9.17, 15) is 0 Å². The Kier molecular flexibility index (Phi) is 8.61. The van der Waals surface area contributed by atoms with Gasteiger partial charge in [-0.1, -0.05) is 123 Å². The number of hydrogen-bond donors (Lipinski definition) is 0. The summed E-state index contributed by atoms with van der Waals surface area (Å²) in [5.41, 5.74) is 13.8. The van der Waals surface area contributed by atoms with Crippen LogP contribution >= 0.6 is 0 Å². The first-order chi connectivity index (χ1) is 29.7. The standard InChI is InChI=1S/C58H51N3/c1-7-38-34-54(61(43-24-22-37(2)23-25-43)52-21-13-17-40-15-9-11-19-46(40)52)49-36-50-55-41(32-33-58(50,3)4)35-53(48-31-30-47(38)56(49)57(48)55)60(44-28-26-42(27-29-44)59(5)6)51-20-12-16-39-14-8-10-18-45(39)51/h8-31,34-36H,7,32-33H2,1-6H3. The minimum Gasteiger partial charge on any atom is -0.378 e. The smallest absolute Gasteiger partial charge is 0.0543 e. The van der Waals surface area contributed by atoms with E-state index in [2.05, 4.69) is 220 Å². The molecule has 0 aromatic heterocycles. The van der Waals surface area contributed by atoms with Gasteiger partial charge in [0.2, 0.25) is 0 Å². The van der Waals surface area contributed by atoms with Crippen molar-refractivity contribution in [2.75, 3.05) is 28.8 Å². The lowest BCUT2D eigenvalue weighted by Crippen LogP contribution is -2.24. The van der Waals surface area contributed by atoms with E-state index in [1.807, 2.05) is 0 Å². The van der Waals surface area contributed by atoms with E-state index in [0.717, 1.165) is 30.6 Å². The van der Waals surface area contributed by atoms with Gasteiger partial charge in [0, 0.05) is 58.1 Å². The Morgan fingerprint density at radius 3 is 1.62 bits per heavy atom. The molecular formula is C58H51N3. The van der Waals surface area contributed by atoms with E-state index in [-0.39, 0.29) is 5.41 Å². The van der Waals surface area contributed by atoms with Crippen molar-refractivity contribution >= 4 is 93.7 Å². The van der Waals surface area contributed by atoms with Crippen molar-refractivity contribution in [3.8, 4) is 0 Å². The summed E-state index contributed by atoms with van der Waals surface area (Å²) in [6, 6.07) is 61.9. The number of anilines is 7. The fraction of sp³-hybridized carbons (Fsp3) is 0.172. The van der Waals surface area contributed by atoms with Crippen molar-refractivity contribution in [3.05, 3.63) is 186 Å². The summed E-state index contributed by atoms with van der Waals surface area (Å²) in [6.45, 7) is 9.42. The summed E-state index contributed by atoms with van der Waals surface area (Å²) in [4.78, 5) is 7.27. The summed E-state index contributed by atoms with van der Waals surface area (Å²) >= 11 is 0. The lowest BCUT2D eigenvalue weighted by molar-refractivity contribution is 0.475. The van der Waals surface area contributed by atoms with Crippen molar-refractivity contribution in [1.82, 2.24) is 0 Å². The Balaban J connectivity index is 1.29. The van der Waals surface area contributed by atoms with Gasteiger partial charge in [0.15, 0.2) is 0 Å². The van der Waals surface area contributed by atoms with E-state index in [4.69, 9.17) is 0 Å². The van der Waals surface area contributed by atoms with Crippen LogP contribution < -0.4 is 14.7 Å². The summed E-state index contributed by atoms with van der Waals surface area (Å²) < 4.78 is 0. The Morgan fingerprint density at radius 1 is 0.475 bits per heavy atom. The highest BCUT2D eigenvalue weighted by molar-refractivity contribution is 6.30. The third-order valence-electron chi connectivity index (χ3n) is 13.7. The van der Waals surface area contributed by atoms with Crippen molar-refractivity contribution in [1.29, 1.82) is 0 Å². The topological polar surface area (TPSA) is 9.72 Å². The fourth-order valence-corrected chi connectivity index (χ4v) is 10.4. The molecule has 10 aromatic carbocycles. The summed E-state index contributed by atoms with van der Waals surface area (Å²) in [6.07, 6.45) is 3.04. The molecule has 0 fully saturated rings. The molecule has 0 saturated heterocycles. The number of rotatable bonds is 8. The highest BCUT2D eigenvalue weighted by Crippen LogP contribution is 2.54. The first kappa shape index (κ1) is 37.2. The molecule has 1 aliphatic rings. The minimum atomic E-state index is -0.00649. The molecule has 11 rings (SSSR count). The molecule has 0 atom stereocenters. The zero-order chi connectivity index (χ0) is 41.6. The van der Waals surface area contributed by atoms with Crippen LogP contribution in [-0.2, 0) is 18.3 Å². The van der Waals surface area contributed by atoms with Crippen LogP contribution in [0.2, 0.25) is 0 Å². The number of nitrogens with zero attached hydrogens (tertiary/aromatic N) is 3. The van der Waals surface area contributed by atoms with Crippen molar-refractivity contribution in [2.45, 2.75) is 52.4 Å². The lowest BCUT2D eigenvalue weighted by Gasteiger charge is -2.37. The summed E-state index contributed by atoms with van der Waals surface area (Å²) in [7, 11) is 4.22. The molecule has 0 N–H and O–H groups in total. The first-order valence-electron chi connectivity index (χ1n) is 21.9. The zero-order valence-electron chi connectivity index (χ0n) is 36.1. The minimum absolute atomic E-state index is 0.00649. The van der Waals surface area contributed by atoms with E-state index >= 15 is 0 Å². The van der Waals surface area contributed by atoms with E-state index in [1.54, 1.807) is 0 Å². The van der Waals surface area contributed by atoms with Gasteiger partial charge in [-0.25, -0.2) is 0 Å². The van der Waals surface area contributed by atoms with Gasteiger partial charge < -0.3 is 14.7 Å². The Bertz CT molecular complexity index is 3290. The van der Waals surface area contributed by atoms with Gasteiger partial charge in [0.1, 0.15) is 0 Å². The quantitative estimate of drug-likeness (QED) is 0.142.